The topological polar surface area (TPSA) is 20.3 Å². The van der Waals surface area contributed by atoms with Crippen molar-refractivity contribution in [2.24, 2.45) is 5.41 Å². The van der Waals surface area contributed by atoms with Crippen molar-refractivity contribution < 1.29 is 4.79 Å². The van der Waals surface area contributed by atoms with Gasteiger partial charge in [-0.1, -0.05) is 33.8 Å². The average molecular weight is 183 g/mol. The van der Waals surface area contributed by atoms with Crippen LogP contribution in [0.4, 0.5) is 0 Å². The molecule has 0 radical (unpaired) electrons. The number of hydrogen-bond acceptors (Lipinski definition) is 1. The largest absolute Gasteiger partial charge is 0.342 e. The summed E-state index contributed by atoms with van der Waals surface area (Å²) < 4.78 is 0. The van der Waals surface area contributed by atoms with Gasteiger partial charge in [0.2, 0.25) is 5.91 Å². The van der Waals surface area contributed by atoms with Crippen LogP contribution in [0, 0.1) is 5.41 Å². The second-order valence-electron chi connectivity index (χ2n) is 4.23. The summed E-state index contributed by atoms with van der Waals surface area (Å²) in [6, 6.07) is 0. The van der Waals surface area contributed by atoms with Gasteiger partial charge in [0, 0.05) is 13.6 Å². The zero-order chi connectivity index (χ0) is 10.5. The Balaban J connectivity index is 3.89. The van der Waals surface area contributed by atoms with E-state index in [1.807, 2.05) is 7.05 Å². The summed E-state index contributed by atoms with van der Waals surface area (Å²) in [4.78, 5) is 12.8. The van der Waals surface area contributed by atoms with Gasteiger partial charge in [-0.15, -0.1) is 0 Å². The average Bonchev–Trinajstić information content (AvgIpc) is 2.13. The van der Waals surface area contributed by atoms with Crippen molar-refractivity contribution in [2.45, 2.75) is 33.6 Å². The summed E-state index contributed by atoms with van der Waals surface area (Å²) in [7, 11) is 1.82. The van der Waals surface area contributed by atoms with E-state index in [0.29, 0.717) is 5.41 Å². The molecular weight excluding hydrogens is 162 g/mol. The van der Waals surface area contributed by atoms with Crippen LogP contribution in [0.3, 0.4) is 0 Å². The summed E-state index contributed by atoms with van der Waals surface area (Å²) in [5, 5.41) is 0. The van der Waals surface area contributed by atoms with Gasteiger partial charge in [0.1, 0.15) is 0 Å². The minimum atomic E-state index is 0.00639. The molecular formula is C11H21NO. The van der Waals surface area contributed by atoms with Gasteiger partial charge in [-0.05, 0) is 17.9 Å². The molecule has 2 nitrogen and oxygen atoms in total. The normalized spacial score (nSPS) is 11.1. The van der Waals surface area contributed by atoms with E-state index in [1.54, 1.807) is 4.90 Å². The Morgan fingerprint density at radius 2 is 2.08 bits per heavy atom. The number of nitrogens with zero attached hydrogens (tertiary/aromatic N) is 1. The fraction of sp³-hybridized carbons (Fsp3) is 0.727. The van der Waals surface area contributed by atoms with Gasteiger partial charge in [0.15, 0.2) is 0 Å². The van der Waals surface area contributed by atoms with Crippen molar-refractivity contribution >= 4 is 5.91 Å². The highest BCUT2D eigenvalue weighted by atomic mass is 16.2. The van der Waals surface area contributed by atoms with Crippen LogP contribution in [0.25, 0.3) is 0 Å². The van der Waals surface area contributed by atoms with Crippen LogP contribution in [-0.2, 0) is 4.79 Å². The third kappa shape index (κ3) is 4.71. The molecule has 2 heteroatoms. The van der Waals surface area contributed by atoms with Crippen molar-refractivity contribution in [1.29, 1.82) is 0 Å². The zero-order valence-electron chi connectivity index (χ0n) is 9.26. The minimum Gasteiger partial charge on any atom is -0.342 e. The summed E-state index contributed by atoms with van der Waals surface area (Å²) in [5.41, 5.74) is 0.329. The molecule has 0 N–H and O–H groups in total. The first-order valence-electron chi connectivity index (χ1n) is 4.80. The lowest BCUT2D eigenvalue weighted by molar-refractivity contribution is -0.125. The molecule has 0 aromatic rings. The number of likely N-dealkylation sites (N-methyl/N-ethyl adjacent to an activating group) is 1. The molecule has 0 saturated heterocycles. The van der Waals surface area contributed by atoms with Crippen LogP contribution < -0.4 is 0 Å². The Morgan fingerprint density at radius 1 is 1.54 bits per heavy atom. The van der Waals surface area contributed by atoms with Gasteiger partial charge >= 0.3 is 0 Å². The van der Waals surface area contributed by atoms with Crippen molar-refractivity contribution in [2.75, 3.05) is 13.6 Å². The van der Waals surface area contributed by atoms with Crippen LogP contribution in [0.2, 0.25) is 0 Å². The quantitative estimate of drug-likeness (QED) is 0.599. The van der Waals surface area contributed by atoms with Gasteiger partial charge < -0.3 is 4.90 Å². The van der Waals surface area contributed by atoms with Crippen LogP contribution in [0.15, 0.2) is 12.7 Å². The number of carbonyl (C=O) groups excluding carboxylic acids is 1. The molecule has 0 aromatic carbocycles. The van der Waals surface area contributed by atoms with Gasteiger partial charge in [-0.3, -0.25) is 4.79 Å². The van der Waals surface area contributed by atoms with E-state index in [2.05, 4.69) is 27.4 Å². The molecule has 0 saturated carbocycles. The molecule has 0 bridgehead atoms. The Bertz CT molecular complexity index is 185. The molecule has 0 aromatic heterocycles. The second kappa shape index (κ2) is 5.05. The number of hydrogen-bond donors (Lipinski definition) is 0. The maximum absolute atomic E-state index is 11.1. The maximum atomic E-state index is 11.1. The van der Waals surface area contributed by atoms with Crippen LogP contribution >= 0.6 is 0 Å². The van der Waals surface area contributed by atoms with Crippen molar-refractivity contribution in [3.63, 3.8) is 0 Å². The molecule has 0 aliphatic heterocycles. The standard InChI is InChI=1S/C11H21NO/c1-6-10(13)12(5)9-8-11(3,4)7-2/h6H,1,7-9H2,2-5H3. The fourth-order valence-corrected chi connectivity index (χ4v) is 0.913. The zero-order valence-corrected chi connectivity index (χ0v) is 9.26. The van der Waals surface area contributed by atoms with Crippen LogP contribution in [0.1, 0.15) is 33.6 Å². The Morgan fingerprint density at radius 3 is 2.46 bits per heavy atom. The van der Waals surface area contributed by atoms with E-state index in [-0.39, 0.29) is 5.91 Å². The summed E-state index contributed by atoms with van der Waals surface area (Å²) in [6.45, 7) is 10.9. The van der Waals surface area contributed by atoms with Gasteiger partial charge in [-0.25, -0.2) is 0 Å². The Hall–Kier alpha value is -0.790. The summed E-state index contributed by atoms with van der Waals surface area (Å²) in [6.07, 6.45) is 3.54. The smallest absolute Gasteiger partial charge is 0.245 e. The fourth-order valence-electron chi connectivity index (χ4n) is 0.913. The van der Waals surface area contributed by atoms with Crippen molar-refractivity contribution in [3.8, 4) is 0 Å². The summed E-state index contributed by atoms with van der Waals surface area (Å²) >= 11 is 0. The van der Waals surface area contributed by atoms with Gasteiger partial charge in [-0.2, -0.15) is 0 Å². The monoisotopic (exact) mass is 183 g/mol. The van der Waals surface area contributed by atoms with Crippen LogP contribution in [0.5, 0.6) is 0 Å². The molecule has 13 heavy (non-hydrogen) atoms. The molecule has 0 spiro atoms. The predicted molar refractivity (Wildman–Crippen MR) is 56.5 cm³/mol. The minimum absolute atomic E-state index is 0.00639. The molecule has 1 amide bonds. The molecule has 0 unspecified atom stereocenters. The first kappa shape index (κ1) is 12.2. The SMILES string of the molecule is C=CC(=O)N(C)CCC(C)(C)CC. The lowest BCUT2D eigenvalue weighted by atomic mass is 9.86. The highest BCUT2D eigenvalue weighted by Crippen LogP contribution is 2.24. The molecule has 0 heterocycles. The summed E-state index contributed by atoms with van der Waals surface area (Å²) in [5.74, 6) is 0.00639. The van der Waals surface area contributed by atoms with E-state index in [4.69, 9.17) is 0 Å². The maximum Gasteiger partial charge on any atom is 0.245 e. The third-order valence-electron chi connectivity index (χ3n) is 2.63. The van der Waals surface area contributed by atoms with Crippen LogP contribution in [-0.4, -0.2) is 24.4 Å². The van der Waals surface area contributed by atoms with Gasteiger partial charge in [0.25, 0.3) is 0 Å². The highest BCUT2D eigenvalue weighted by molar-refractivity contribution is 5.86. The second-order valence-corrected chi connectivity index (χ2v) is 4.23. The lowest BCUT2D eigenvalue weighted by Crippen LogP contribution is -2.28. The predicted octanol–water partition coefficient (Wildman–Crippen LogP) is 2.46. The molecule has 0 fully saturated rings. The van der Waals surface area contributed by atoms with E-state index in [1.165, 1.54) is 6.08 Å². The van der Waals surface area contributed by atoms with E-state index in [9.17, 15) is 4.79 Å². The van der Waals surface area contributed by atoms with E-state index < -0.39 is 0 Å². The molecule has 0 atom stereocenters. The first-order chi connectivity index (χ1) is 5.93. The van der Waals surface area contributed by atoms with Gasteiger partial charge in [0.05, 0.1) is 0 Å². The third-order valence-corrected chi connectivity index (χ3v) is 2.63. The van der Waals surface area contributed by atoms with E-state index in [0.717, 1.165) is 19.4 Å². The first-order valence-corrected chi connectivity index (χ1v) is 4.80. The number of carbonyl (C=O) groups is 1. The molecule has 0 aliphatic rings. The lowest BCUT2D eigenvalue weighted by Gasteiger charge is -2.25. The Kier molecular flexibility index (Phi) is 4.74. The molecule has 0 aliphatic carbocycles. The Labute approximate surface area is 81.6 Å². The van der Waals surface area contributed by atoms with E-state index >= 15 is 0 Å². The molecule has 76 valence electrons. The van der Waals surface area contributed by atoms with Crippen molar-refractivity contribution in [3.05, 3.63) is 12.7 Å². The molecule has 0 rings (SSSR count). The number of rotatable bonds is 5. The van der Waals surface area contributed by atoms with Crippen molar-refractivity contribution in [1.82, 2.24) is 4.90 Å². The highest BCUT2D eigenvalue weighted by Gasteiger charge is 2.16. The number of amides is 1.